The smallest absolute Gasteiger partial charge is 0.407 e. The molecular weight excluding hydrogens is 457 g/mol. The SMILES string of the molecule is Nc1nc(-c2nn(Cc3ccccc3F)c3ncccc23)nc2[nH]c(=O)n(C3CN(C(=O)O)C3)c12. The van der Waals surface area contributed by atoms with Crippen LogP contribution in [-0.4, -0.2) is 63.5 Å². The molecule has 1 saturated heterocycles. The quantitative estimate of drug-likeness (QED) is 0.355. The number of nitrogens with two attached hydrogens (primary N) is 1. The molecule has 0 radical (unpaired) electrons. The minimum Gasteiger partial charge on any atom is -0.465 e. The number of aromatic amines is 1. The number of carbonyl (C=O) groups is 1. The van der Waals surface area contributed by atoms with Crippen molar-refractivity contribution in [3.63, 3.8) is 0 Å². The Kier molecular flexibility index (Phi) is 4.52. The minimum absolute atomic E-state index is 0.0535. The molecule has 0 saturated carbocycles. The van der Waals surface area contributed by atoms with Crippen molar-refractivity contribution in [2.75, 3.05) is 18.8 Å². The van der Waals surface area contributed by atoms with Crippen LogP contribution in [0, 0.1) is 5.82 Å². The van der Waals surface area contributed by atoms with Crippen LogP contribution < -0.4 is 11.4 Å². The van der Waals surface area contributed by atoms with Gasteiger partial charge in [0, 0.05) is 24.8 Å². The zero-order chi connectivity index (χ0) is 24.3. The van der Waals surface area contributed by atoms with Gasteiger partial charge < -0.3 is 15.7 Å². The van der Waals surface area contributed by atoms with Crippen LogP contribution in [0.5, 0.6) is 0 Å². The molecule has 12 nitrogen and oxygen atoms in total. The fourth-order valence-electron chi connectivity index (χ4n) is 4.36. The molecule has 4 N–H and O–H groups in total. The third-order valence-corrected chi connectivity index (χ3v) is 6.09. The summed E-state index contributed by atoms with van der Waals surface area (Å²) in [5.74, 6) is -0.126. The maximum atomic E-state index is 14.3. The molecule has 35 heavy (non-hydrogen) atoms. The summed E-state index contributed by atoms with van der Waals surface area (Å²) in [4.78, 5) is 40.9. The van der Waals surface area contributed by atoms with E-state index < -0.39 is 11.8 Å². The maximum Gasteiger partial charge on any atom is 0.407 e. The number of imidazole rings is 1. The number of hydrogen-bond donors (Lipinski definition) is 3. The van der Waals surface area contributed by atoms with Crippen LogP contribution in [0.1, 0.15) is 11.6 Å². The second-order valence-corrected chi connectivity index (χ2v) is 8.24. The highest BCUT2D eigenvalue weighted by Crippen LogP contribution is 2.30. The number of nitrogens with zero attached hydrogens (tertiary/aromatic N) is 7. The molecule has 1 aromatic carbocycles. The summed E-state index contributed by atoms with van der Waals surface area (Å²) in [5.41, 5.74) is 7.67. The van der Waals surface area contributed by atoms with Crippen molar-refractivity contribution in [3.05, 3.63) is 64.5 Å². The molecule has 0 spiro atoms. The largest absolute Gasteiger partial charge is 0.465 e. The topological polar surface area (TPSA) is 161 Å². The Morgan fingerprint density at radius 3 is 2.77 bits per heavy atom. The molecule has 1 fully saturated rings. The first-order valence-electron chi connectivity index (χ1n) is 10.7. The summed E-state index contributed by atoms with van der Waals surface area (Å²) in [7, 11) is 0. The first-order chi connectivity index (χ1) is 16.9. The predicted octanol–water partition coefficient (Wildman–Crippen LogP) is 1.84. The molecule has 13 heteroatoms. The lowest BCUT2D eigenvalue weighted by Gasteiger charge is -2.37. The standard InChI is InChI=1S/C22H18FN9O3/c23-14-6-2-1-4-11(14)8-31-20-13(5-3-7-25-20)15(29-31)18-26-17(24)16-19(27-18)28-21(33)32(16)12-9-30(10-12)22(34)35/h1-7,12H,8-10H2,(H,34,35)(H3,24,26,27,28,33). The normalized spacial score (nSPS) is 14.0. The second-order valence-electron chi connectivity index (χ2n) is 8.24. The van der Waals surface area contributed by atoms with Crippen LogP contribution in [0.3, 0.4) is 0 Å². The lowest BCUT2D eigenvalue weighted by atomic mass is 10.1. The van der Waals surface area contributed by atoms with Gasteiger partial charge in [-0.15, -0.1) is 0 Å². The summed E-state index contributed by atoms with van der Waals surface area (Å²) >= 11 is 0. The van der Waals surface area contributed by atoms with Gasteiger partial charge in [-0.3, -0.25) is 9.55 Å². The van der Waals surface area contributed by atoms with Gasteiger partial charge in [-0.2, -0.15) is 5.10 Å². The predicted molar refractivity (Wildman–Crippen MR) is 123 cm³/mol. The van der Waals surface area contributed by atoms with Gasteiger partial charge >= 0.3 is 11.8 Å². The number of halogens is 1. The Morgan fingerprint density at radius 2 is 2.00 bits per heavy atom. The monoisotopic (exact) mass is 475 g/mol. The van der Waals surface area contributed by atoms with Crippen LogP contribution in [0.25, 0.3) is 33.7 Å². The molecule has 1 amide bonds. The van der Waals surface area contributed by atoms with Crippen LogP contribution in [0.2, 0.25) is 0 Å². The average molecular weight is 475 g/mol. The number of fused-ring (bicyclic) bond motifs is 2. The molecule has 1 aliphatic heterocycles. The van der Waals surface area contributed by atoms with Gasteiger partial charge in [-0.25, -0.2) is 33.6 Å². The Hall–Kier alpha value is -4.81. The Labute approximate surface area is 195 Å². The van der Waals surface area contributed by atoms with E-state index in [2.05, 4.69) is 25.0 Å². The van der Waals surface area contributed by atoms with Crippen LogP contribution in [0.15, 0.2) is 47.4 Å². The van der Waals surface area contributed by atoms with E-state index in [4.69, 9.17) is 10.8 Å². The van der Waals surface area contributed by atoms with Crippen LogP contribution in [-0.2, 0) is 6.54 Å². The number of hydrogen-bond acceptors (Lipinski definition) is 7. The highest BCUT2D eigenvalue weighted by molar-refractivity contribution is 5.91. The number of anilines is 1. The Balaban J connectivity index is 1.45. The lowest BCUT2D eigenvalue weighted by molar-refractivity contribution is 0.0859. The van der Waals surface area contributed by atoms with E-state index in [1.165, 1.54) is 15.5 Å². The van der Waals surface area contributed by atoms with Gasteiger partial charge in [0.15, 0.2) is 22.9 Å². The third kappa shape index (κ3) is 3.27. The van der Waals surface area contributed by atoms with Crippen molar-refractivity contribution in [2.45, 2.75) is 12.6 Å². The molecule has 0 atom stereocenters. The van der Waals surface area contributed by atoms with Crippen molar-refractivity contribution in [1.29, 1.82) is 0 Å². The van der Waals surface area contributed by atoms with Crippen LogP contribution in [0.4, 0.5) is 15.0 Å². The fourth-order valence-corrected chi connectivity index (χ4v) is 4.36. The second kappa shape index (κ2) is 7.62. The molecule has 176 valence electrons. The van der Waals surface area contributed by atoms with Gasteiger partial charge in [0.2, 0.25) is 0 Å². The number of likely N-dealkylation sites (tertiary alicyclic amines) is 1. The number of benzene rings is 1. The fraction of sp³-hybridized carbons (Fsp3) is 0.182. The van der Waals surface area contributed by atoms with Gasteiger partial charge in [-0.1, -0.05) is 18.2 Å². The molecular formula is C22H18FN9O3. The number of H-pyrrole nitrogens is 1. The Morgan fingerprint density at radius 1 is 1.20 bits per heavy atom. The zero-order valence-corrected chi connectivity index (χ0v) is 18.1. The summed E-state index contributed by atoms with van der Waals surface area (Å²) in [6.45, 7) is 0.479. The Bertz CT molecular complexity index is 1680. The van der Waals surface area contributed by atoms with Crippen molar-refractivity contribution in [1.82, 2.24) is 39.2 Å². The van der Waals surface area contributed by atoms with Crippen molar-refractivity contribution >= 4 is 34.1 Å². The van der Waals surface area contributed by atoms with E-state index in [1.807, 2.05) is 0 Å². The summed E-state index contributed by atoms with van der Waals surface area (Å²) in [5, 5.41) is 14.3. The number of nitrogens with one attached hydrogen (secondary N) is 1. The number of carboxylic acid groups (broad SMARTS) is 1. The molecule has 5 aromatic rings. The summed E-state index contributed by atoms with van der Waals surface area (Å²) in [6.07, 6.45) is 0.563. The third-order valence-electron chi connectivity index (χ3n) is 6.09. The number of pyridine rings is 1. The van der Waals surface area contributed by atoms with E-state index in [9.17, 15) is 14.0 Å². The molecule has 5 heterocycles. The highest BCUT2D eigenvalue weighted by Gasteiger charge is 2.35. The van der Waals surface area contributed by atoms with Gasteiger partial charge in [0.25, 0.3) is 0 Å². The number of rotatable bonds is 4. The maximum absolute atomic E-state index is 14.3. The van der Waals surface area contributed by atoms with E-state index in [0.717, 1.165) is 0 Å². The van der Waals surface area contributed by atoms with Crippen LogP contribution >= 0.6 is 0 Å². The first-order valence-corrected chi connectivity index (χ1v) is 10.7. The first kappa shape index (κ1) is 20.8. The molecule has 0 unspecified atom stereocenters. The summed E-state index contributed by atoms with van der Waals surface area (Å²) < 4.78 is 17.2. The van der Waals surface area contributed by atoms with Gasteiger partial charge in [0.05, 0.1) is 18.0 Å². The van der Waals surface area contributed by atoms with E-state index >= 15 is 0 Å². The zero-order valence-electron chi connectivity index (χ0n) is 18.1. The number of amides is 1. The van der Waals surface area contributed by atoms with Crippen molar-refractivity contribution in [3.8, 4) is 11.5 Å². The average Bonchev–Trinajstić information content (AvgIpc) is 3.32. The molecule has 1 aliphatic rings. The minimum atomic E-state index is -1.05. The van der Waals surface area contributed by atoms with E-state index in [1.54, 1.807) is 41.2 Å². The number of aromatic nitrogens is 7. The van der Waals surface area contributed by atoms with E-state index in [-0.39, 0.29) is 48.8 Å². The molecule has 0 aliphatic carbocycles. The molecule has 6 rings (SSSR count). The van der Waals surface area contributed by atoms with Gasteiger partial charge in [0.1, 0.15) is 17.0 Å². The lowest BCUT2D eigenvalue weighted by Crippen LogP contribution is -2.52. The summed E-state index contributed by atoms with van der Waals surface area (Å²) in [6, 6.07) is 9.59. The molecule has 4 aromatic heterocycles. The van der Waals surface area contributed by atoms with Gasteiger partial charge in [-0.05, 0) is 18.2 Å². The number of nitrogen functional groups attached to an aromatic ring is 1. The van der Waals surface area contributed by atoms with Crippen molar-refractivity contribution < 1.29 is 14.3 Å². The molecule has 0 bridgehead atoms. The highest BCUT2D eigenvalue weighted by atomic mass is 19.1. The van der Waals surface area contributed by atoms with E-state index in [0.29, 0.717) is 27.8 Å². The van der Waals surface area contributed by atoms with Crippen molar-refractivity contribution in [2.24, 2.45) is 0 Å².